The Morgan fingerprint density at radius 1 is 1.70 bits per heavy atom. The van der Waals surface area contributed by atoms with Gasteiger partial charge in [0, 0.05) is 11.8 Å². The molecule has 0 aliphatic carbocycles. The molecule has 0 aliphatic heterocycles. The molecule has 0 rings (SSSR count). The summed E-state index contributed by atoms with van der Waals surface area (Å²) in [7, 11) is 0. The second-order valence-electron chi connectivity index (χ2n) is 2.61. The number of hydrogen-bond donors (Lipinski definition) is 1. The summed E-state index contributed by atoms with van der Waals surface area (Å²) in [4.78, 5) is 10.5. The van der Waals surface area contributed by atoms with Crippen LogP contribution in [-0.4, -0.2) is 5.91 Å². The fourth-order valence-corrected chi connectivity index (χ4v) is 0.715. The summed E-state index contributed by atoms with van der Waals surface area (Å²) >= 11 is 0. The van der Waals surface area contributed by atoms with E-state index < -0.39 is 0 Å². The van der Waals surface area contributed by atoms with Gasteiger partial charge in [-0.2, -0.15) is 0 Å². The van der Waals surface area contributed by atoms with Gasteiger partial charge in [0.2, 0.25) is 5.91 Å². The highest BCUT2D eigenvalue weighted by atomic mass is 16.1. The zero-order valence-electron chi connectivity index (χ0n) is 6.42. The Labute approximate surface area is 61.8 Å². The van der Waals surface area contributed by atoms with E-state index in [2.05, 4.69) is 5.92 Å². The van der Waals surface area contributed by atoms with Gasteiger partial charge in [0.1, 0.15) is 0 Å². The topological polar surface area (TPSA) is 43.1 Å². The van der Waals surface area contributed by atoms with Gasteiger partial charge in [0.25, 0.3) is 0 Å². The van der Waals surface area contributed by atoms with E-state index in [4.69, 9.17) is 12.2 Å². The first-order valence-corrected chi connectivity index (χ1v) is 3.33. The summed E-state index contributed by atoms with van der Waals surface area (Å²) < 4.78 is 0. The van der Waals surface area contributed by atoms with Crippen LogP contribution < -0.4 is 5.73 Å². The fraction of sp³-hybridized carbons (Fsp3) is 0.625. The van der Waals surface area contributed by atoms with Crippen molar-refractivity contribution in [1.82, 2.24) is 0 Å². The third-order valence-corrected chi connectivity index (χ3v) is 1.48. The summed E-state index contributed by atoms with van der Waals surface area (Å²) in [5.74, 6) is 2.30. The minimum Gasteiger partial charge on any atom is -0.369 e. The lowest BCUT2D eigenvalue weighted by atomic mass is 9.98. The van der Waals surface area contributed by atoms with Crippen LogP contribution in [0.3, 0.4) is 0 Å². The minimum atomic E-state index is -0.276. The van der Waals surface area contributed by atoms with Crippen molar-refractivity contribution in [1.29, 1.82) is 0 Å². The number of terminal acetylenes is 1. The number of primary amides is 1. The minimum absolute atomic E-state index is 0.106. The number of rotatable bonds is 3. The molecule has 0 aromatic heterocycles. The Morgan fingerprint density at radius 3 is 2.50 bits per heavy atom. The smallest absolute Gasteiger partial charge is 0.220 e. The summed E-state index contributed by atoms with van der Waals surface area (Å²) in [5.41, 5.74) is 5.03. The molecule has 2 N–H and O–H groups in total. The lowest BCUT2D eigenvalue weighted by Gasteiger charge is -2.07. The van der Waals surface area contributed by atoms with Crippen molar-refractivity contribution in [3.8, 4) is 12.3 Å². The SMILES string of the molecule is C#CC(C)CC(C)C(N)=O. The summed E-state index contributed by atoms with van der Waals surface area (Å²) in [5, 5.41) is 0. The molecule has 2 unspecified atom stereocenters. The number of hydrogen-bond acceptors (Lipinski definition) is 1. The molecule has 0 spiro atoms. The molecule has 2 atom stereocenters. The number of nitrogens with two attached hydrogens (primary N) is 1. The van der Waals surface area contributed by atoms with Crippen molar-refractivity contribution in [2.24, 2.45) is 17.6 Å². The third kappa shape index (κ3) is 3.13. The van der Waals surface area contributed by atoms with Gasteiger partial charge in [0.15, 0.2) is 0 Å². The summed E-state index contributed by atoms with van der Waals surface area (Å²) in [6.45, 7) is 3.69. The normalized spacial score (nSPS) is 15.3. The van der Waals surface area contributed by atoms with Gasteiger partial charge < -0.3 is 5.73 Å². The number of carbonyl (C=O) groups is 1. The van der Waals surface area contributed by atoms with E-state index in [0.717, 1.165) is 0 Å². The molecular formula is C8H13NO. The molecule has 0 saturated heterocycles. The second kappa shape index (κ2) is 3.94. The van der Waals surface area contributed by atoms with Crippen LogP contribution in [0.2, 0.25) is 0 Å². The highest BCUT2D eigenvalue weighted by molar-refractivity contribution is 5.76. The van der Waals surface area contributed by atoms with Crippen LogP contribution in [0.1, 0.15) is 20.3 Å². The molecule has 0 heterocycles. The molecule has 0 aliphatic rings. The zero-order valence-corrected chi connectivity index (χ0v) is 6.42. The molecule has 0 aromatic rings. The fourth-order valence-electron chi connectivity index (χ4n) is 0.715. The van der Waals surface area contributed by atoms with Gasteiger partial charge in [0.05, 0.1) is 0 Å². The monoisotopic (exact) mass is 139 g/mol. The second-order valence-corrected chi connectivity index (χ2v) is 2.61. The summed E-state index contributed by atoms with van der Waals surface area (Å²) in [6.07, 6.45) is 5.80. The van der Waals surface area contributed by atoms with E-state index in [9.17, 15) is 4.79 Å². The Balaban J connectivity index is 3.70. The molecule has 0 aromatic carbocycles. The quantitative estimate of drug-likeness (QED) is 0.576. The maximum absolute atomic E-state index is 10.5. The van der Waals surface area contributed by atoms with Gasteiger partial charge >= 0.3 is 0 Å². The van der Waals surface area contributed by atoms with Crippen molar-refractivity contribution in [2.45, 2.75) is 20.3 Å². The third-order valence-electron chi connectivity index (χ3n) is 1.48. The predicted molar refractivity (Wildman–Crippen MR) is 41.0 cm³/mol. The van der Waals surface area contributed by atoms with E-state index in [0.29, 0.717) is 6.42 Å². The van der Waals surface area contributed by atoms with E-state index >= 15 is 0 Å². The zero-order chi connectivity index (χ0) is 8.15. The Kier molecular flexibility index (Phi) is 3.56. The maximum atomic E-state index is 10.5. The van der Waals surface area contributed by atoms with Crippen molar-refractivity contribution < 1.29 is 4.79 Å². The van der Waals surface area contributed by atoms with Gasteiger partial charge in [-0.25, -0.2) is 0 Å². The largest absolute Gasteiger partial charge is 0.369 e. The lowest BCUT2D eigenvalue weighted by Crippen LogP contribution is -2.21. The van der Waals surface area contributed by atoms with Crippen molar-refractivity contribution in [3.63, 3.8) is 0 Å². The Bertz CT molecular complexity index is 157. The van der Waals surface area contributed by atoms with Crippen molar-refractivity contribution in [3.05, 3.63) is 0 Å². The first-order valence-electron chi connectivity index (χ1n) is 3.33. The van der Waals surface area contributed by atoms with Gasteiger partial charge in [-0.05, 0) is 6.42 Å². The van der Waals surface area contributed by atoms with Crippen LogP contribution in [0.15, 0.2) is 0 Å². The average Bonchev–Trinajstić information content (AvgIpc) is 1.87. The van der Waals surface area contributed by atoms with E-state index in [-0.39, 0.29) is 17.7 Å². The maximum Gasteiger partial charge on any atom is 0.220 e. The van der Waals surface area contributed by atoms with Crippen LogP contribution in [0.4, 0.5) is 0 Å². The van der Waals surface area contributed by atoms with Gasteiger partial charge in [-0.15, -0.1) is 12.3 Å². The van der Waals surface area contributed by atoms with E-state index in [1.165, 1.54) is 0 Å². The summed E-state index contributed by atoms with van der Waals surface area (Å²) in [6, 6.07) is 0. The van der Waals surface area contributed by atoms with Crippen LogP contribution in [0, 0.1) is 24.2 Å². The van der Waals surface area contributed by atoms with Crippen LogP contribution in [-0.2, 0) is 4.79 Å². The molecule has 0 saturated carbocycles. The lowest BCUT2D eigenvalue weighted by molar-refractivity contribution is -0.121. The van der Waals surface area contributed by atoms with Gasteiger partial charge in [-0.1, -0.05) is 13.8 Å². The molecule has 0 bridgehead atoms. The standard InChI is InChI=1S/C8H13NO/c1-4-6(2)5-7(3)8(9)10/h1,6-7H,5H2,2-3H3,(H2,9,10). The molecule has 2 nitrogen and oxygen atoms in total. The highest BCUT2D eigenvalue weighted by Gasteiger charge is 2.10. The first kappa shape index (κ1) is 9.03. The van der Waals surface area contributed by atoms with Gasteiger partial charge in [-0.3, -0.25) is 4.79 Å². The van der Waals surface area contributed by atoms with E-state index in [1.807, 2.05) is 6.92 Å². The molecule has 1 amide bonds. The first-order chi connectivity index (χ1) is 4.57. The van der Waals surface area contributed by atoms with Crippen molar-refractivity contribution in [2.75, 3.05) is 0 Å². The molecule has 56 valence electrons. The number of carbonyl (C=O) groups excluding carboxylic acids is 1. The van der Waals surface area contributed by atoms with Crippen LogP contribution in [0.5, 0.6) is 0 Å². The Morgan fingerprint density at radius 2 is 2.20 bits per heavy atom. The average molecular weight is 139 g/mol. The van der Waals surface area contributed by atoms with E-state index in [1.54, 1.807) is 6.92 Å². The number of amides is 1. The highest BCUT2D eigenvalue weighted by Crippen LogP contribution is 2.09. The molecule has 2 heteroatoms. The predicted octanol–water partition coefficient (Wildman–Crippen LogP) is 0.767. The Hall–Kier alpha value is -0.970. The van der Waals surface area contributed by atoms with Crippen LogP contribution in [0.25, 0.3) is 0 Å². The molecule has 10 heavy (non-hydrogen) atoms. The van der Waals surface area contributed by atoms with Crippen molar-refractivity contribution >= 4 is 5.91 Å². The molecule has 0 fully saturated rings. The molecule has 0 radical (unpaired) electrons. The van der Waals surface area contributed by atoms with Crippen LogP contribution >= 0.6 is 0 Å². The molecular weight excluding hydrogens is 126 g/mol.